The minimum Gasteiger partial charge on any atom is -0.378 e. The lowest BCUT2D eigenvalue weighted by Gasteiger charge is -2.12. The molecule has 0 spiro atoms. The monoisotopic (exact) mass is 128 g/mol. The van der Waals surface area contributed by atoms with E-state index in [0.29, 0.717) is 6.10 Å². The van der Waals surface area contributed by atoms with E-state index in [0.717, 1.165) is 18.4 Å². The molecule has 0 bridgehead atoms. The highest BCUT2D eigenvalue weighted by molar-refractivity contribution is 4.76. The van der Waals surface area contributed by atoms with Gasteiger partial charge in [0.05, 0.1) is 6.10 Å². The lowest BCUT2D eigenvalue weighted by atomic mass is 9.93. The summed E-state index contributed by atoms with van der Waals surface area (Å²) in [5, 5.41) is 0. The zero-order valence-corrected chi connectivity index (χ0v) is 6.55. The van der Waals surface area contributed by atoms with E-state index in [-0.39, 0.29) is 0 Å². The Kier molecular flexibility index (Phi) is 2.12. The van der Waals surface area contributed by atoms with Crippen molar-refractivity contribution >= 4 is 0 Å². The molecule has 1 aliphatic heterocycles. The van der Waals surface area contributed by atoms with Crippen LogP contribution in [-0.4, -0.2) is 12.7 Å². The van der Waals surface area contributed by atoms with Crippen molar-refractivity contribution in [3.63, 3.8) is 0 Å². The first kappa shape index (κ1) is 7.07. The van der Waals surface area contributed by atoms with Gasteiger partial charge in [0, 0.05) is 6.61 Å². The molecule has 0 saturated carbocycles. The third kappa shape index (κ3) is 1.26. The summed E-state index contributed by atoms with van der Waals surface area (Å²) in [5.74, 6) is 1.55. The van der Waals surface area contributed by atoms with Gasteiger partial charge in [-0.2, -0.15) is 0 Å². The van der Waals surface area contributed by atoms with Crippen molar-refractivity contribution in [3.05, 3.63) is 0 Å². The van der Waals surface area contributed by atoms with Crippen molar-refractivity contribution in [2.24, 2.45) is 11.8 Å². The second-order valence-corrected chi connectivity index (χ2v) is 3.12. The predicted octanol–water partition coefficient (Wildman–Crippen LogP) is 2.07. The smallest absolute Gasteiger partial charge is 0.0601 e. The molecule has 1 aliphatic rings. The molecular weight excluding hydrogens is 112 g/mol. The SMILES string of the molecule is CC[C@H]1OCC(C)[C@H]1C. The summed E-state index contributed by atoms with van der Waals surface area (Å²) >= 11 is 0. The lowest BCUT2D eigenvalue weighted by molar-refractivity contribution is 0.0904. The van der Waals surface area contributed by atoms with Gasteiger partial charge in [0.25, 0.3) is 0 Å². The van der Waals surface area contributed by atoms with Crippen molar-refractivity contribution < 1.29 is 4.74 Å². The van der Waals surface area contributed by atoms with Crippen LogP contribution in [0.5, 0.6) is 0 Å². The van der Waals surface area contributed by atoms with E-state index in [1.165, 1.54) is 6.42 Å². The molecule has 0 aromatic rings. The van der Waals surface area contributed by atoms with Gasteiger partial charge in [0.1, 0.15) is 0 Å². The van der Waals surface area contributed by atoms with Crippen molar-refractivity contribution in [3.8, 4) is 0 Å². The molecular formula is C8H16O. The van der Waals surface area contributed by atoms with Crippen LogP contribution in [0, 0.1) is 11.8 Å². The Morgan fingerprint density at radius 2 is 2.11 bits per heavy atom. The quantitative estimate of drug-likeness (QED) is 0.525. The Bertz CT molecular complexity index is 90.6. The number of hydrogen-bond donors (Lipinski definition) is 0. The number of ether oxygens (including phenoxy) is 1. The summed E-state index contributed by atoms with van der Waals surface area (Å²) in [6.07, 6.45) is 1.71. The normalized spacial score (nSPS) is 43.7. The van der Waals surface area contributed by atoms with E-state index >= 15 is 0 Å². The zero-order valence-electron chi connectivity index (χ0n) is 6.55. The maximum Gasteiger partial charge on any atom is 0.0601 e. The van der Waals surface area contributed by atoms with Crippen LogP contribution in [0.1, 0.15) is 27.2 Å². The minimum absolute atomic E-state index is 0.542. The van der Waals surface area contributed by atoms with Crippen LogP contribution in [0.25, 0.3) is 0 Å². The highest BCUT2D eigenvalue weighted by Gasteiger charge is 2.28. The van der Waals surface area contributed by atoms with E-state index in [4.69, 9.17) is 4.74 Å². The minimum atomic E-state index is 0.542. The summed E-state index contributed by atoms with van der Waals surface area (Å²) in [4.78, 5) is 0. The summed E-state index contributed by atoms with van der Waals surface area (Å²) in [6.45, 7) is 7.71. The fourth-order valence-electron chi connectivity index (χ4n) is 1.44. The van der Waals surface area contributed by atoms with Crippen LogP contribution < -0.4 is 0 Å². The molecule has 1 fully saturated rings. The van der Waals surface area contributed by atoms with Crippen molar-refractivity contribution in [2.75, 3.05) is 6.61 Å². The van der Waals surface area contributed by atoms with E-state index in [9.17, 15) is 0 Å². The molecule has 1 saturated heterocycles. The van der Waals surface area contributed by atoms with Crippen LogP contribution >= 0.6 is 0 Å². The third-order valence-corrected chi connectivity index (χ3v) is 2.46. The standard InChI is InChI=1S/C8H16O/c1-4-8-7(3)6(2)5-9-8/h6-8H,4-5H2,1-3H3/t6?,7-,8-/m1/s1. The fourth-order valence-corrected chi connectivity index (χ4v) is 1.44. The van der Waals surface area contributed by atoms with Gasteiger partial charge in [-0.15, -0.1) is 0 Å². The molecule has 3 atom stereocenters. The third-order valence-electron chi connectivity index (χ3n) is 2.46. The fraction of sp³-hybridized carbons (Fsp3) is 1.00. The van der Waals surface area contributed by atoms with Gasteiger partial charge in [-0.3, -0.25) is 0 Å². The number of hydrogen-bond acceptors (Lipinski definition) is 1. The highest BCUT2D eigenvalue weighted by Crippen LogP contribution is 2.27. The van der Waals surface area contributed by atoms with Gasteiger partial charge in [-0.1, -0.05) is 20.8 Å². The average Bonchev–Trinajstić information content (AvgIpc) is 2.15. The Morgan fingerprint density at radius 1 is 1.44 bits per heavy atom. The maximum atomic E-state index is 5.53. The average molecular weight is 128 g/mol. The van der Waals surface area contributed by atoms with Gasteiger partial charge in [0.15, 0.2) is 0 Å². The van der Waals surface area contributed by atoms with Crippen LogP contribution in [0.2, 0.25) is 0 Å². The first-order valence-electron chi connectivity index (χ1n) is 3.87. The van der Waals surface area contributed by atoms with Gasteiger partial charge in [0.2, 0.25) is 0 Å². The van der Waals surface area contributed by atoms with Crippen LogP contribution in [0.15, 0.2) is 0 Å². The molecule has 1 rings (SSSR count). The summed E-state index contributed by atoms with van der Waals surface area (Å²) in [5.41, 5.74) is 0. The first-order valence-corrected chi connectivity index (χ1v) is 3.87. The second-order valence-electron chi connectivity index (χ2n) is 3.12. The molecule has 1 nitrogen and oxygen atoms in total. The van der Waals surface area contributed by atoms with Crippen molar-refractivity contribution in [1.29, 1.82) is 0 Å². The molecule has 0 aliphatic carbocycles. The summed E-state index contributed by atoms with van der Waals surface area (Å²) in [6, 6.07) is 0. The molecule has 0 N–H and O–H groups in total. The lowest BCUT2D eigenvalue weighted by Crippen LogP contribution is -2.14. The molecule has 1 heterocycles. The second kappa shape index (κ2) is 2.70. The van der Waals surface area contributed by atoms with Crippen molar-refractivity contribution in [1.82, 2.24) is 0 Å². The molecule has 0 radical (unpaired) electrons. The largest absolute Gasteiger partial charge is 0.378 e. The van der Waals surface area contributed by atoms with Crippen molar-refractivity contribution in [2.45, 2.75) is 33.3 Å². The highest BCUT2D eigenvalue weighted by atomic mass is 16.5. The molecule has 9 heavy (non-hydrogen) atoms. The summed E-state index contributed by atoms with van der Waals surface area (Å²) in [7, 11) is 0. The van der Waals surface area contributed by atoms with E-state index in [1.54, 1.807) is 0 Å². The number of rotatable bonds is 1. The zero-order chi connectivity index (χ0) is 6.85. The Hall–Kier alpha value is -0.0400. The molecule has 1 unspecified atom stereocenters. The molecule has 0 amide bonds. The van der Waals surface area contributed by atoms with Crippen LogP contribution in [0.4, 0.5) is 0 Å². The van der Waals surface area contributed by atoms with E-state index in [1.807, 2.05) is 0 Å². The van der Waals surface area contributed by atoms with Gasteiger partial charge >= 0.3 is 0 Å². The molecule has 1 heteroatoms. The topological polar surface area (TPSA) is 9.23 Å². The maximum absolute atomic E-state index is 5.53. The Labute approximate surface area is 57.4 Å². The molecule has 0 aromatic heterocycles. The Morgan fingerprint density at radius 3 is 2.33 bits per heavy atom. The summed E-state index contributed by atoms with van der Waals surface area (Å²) < 4.78 is 5.53. The van der Waals surface area contributed by atoms with Gasteiger partial charge < -0.3 is 4.74 Å². The van der Waals surface area contributed by atoms with Gasteiger partial charge in [-0.05, 0) is 18.3 Å². The van der Waals surface area contributed by atoms with Crippen LogP contribution in [0.3, 0.4) is 0 Å². The Balaban J connectivity index is 2.41. The molecule has 0 aromatic carbocycles. The van der Waals surface area contributed by atoms with E-state index < -0.39 is 0 Å². The van der Waals surface area contributed by atoms with E-state index in [2.05, 4.69) is 20.8 Å². The predicted molar refractivity (Wildman–Crippen MR) is 38.4 cm³/mol. The molecule has 54 valence electrons. The first-order chi connectivity index (χ1) is 4.25. The van der Waals surface area contributed by atoms with Crippen LogP contribution in [-0.2, 0) is 4.74 Å². The van der Waals surface area contributed by atoms with Gasteiger partial charge in [-0.25, -0.2) is 0 Å².